The van der Waals surface area contributed by atoms with E-state index in [2.05, 4.69) is 10.1 Å². The molecule has 1 atom stereocenters. The first-order valence-corrected chi connectivity index (χ1v) is 5.52. The Balaban J connectivity index is 2.28. The summed E-state index contributed by atoms with van der Waals surface area (Å²) in [7, 11) is 1.08. The average molecular weight is 240 g/mol. The molecule has 0 aromatic rings. The second-order valence-electron chi connectivity index (χ2n) is 4.29. The van der Waals surface area contributed by atoms with E-state index in [1.807, 2.05) is 0 Å². The van der Waals surface area contributed by atoms with Crippen molar-refractivity contribution < 1.29 is 17.9 Å². The number of alkyl halides is 3. The van der Waals surface area contributed by atoms with Crippen LogP contribution in [0.3, 0.4) is 0 Å². The van der Waals surface area contributed by atoms with E-state index in [1.165, 1.54) is 0 Å². The summed E-state index contributed by atoms with van der Waals surface area (Å²) in [5, 5.41) is 2.90. The lowest BCUT2D eigenvalue weighted by Crippen LogP contribution is -2.45. The molecule has 0 spiro atoms. The Morgan fingerprint density at radius 2 is 1.88 bits per heavy atom. The lowest BCUT2D eigenvalue weighted by molar-refractivity contribution is -0.211. The van der Waals surface area contributed by atoms with Crippen LogP contribution in [0.4, 0.5) is 13.2 Å². The van der Waals surface area contributed by atoms with Gasteiger partial charge in [-0.05, 0) is 25.7 Å². The molecular weight excluding hydrogens is 221 g/mol. The van der Waals surface area contributed by atoms with Gasteiger partial charge in [0.05, 0.1) is 0 Å². The molecule has 1 aliphatic rings. The number of ether oxygens (including phenoxy) is 1. The van der Waals surface area contributed by atoms with Gasteiger partial charge in [0.15, 0.2) is 6.10 Å². The van der Waals surface area contributed by atoms with Crippen molar-refractivity contribution in [2.75, 3.05) is 13.7 Å². The Kier molecular flexibility index (Phi) is 5.01. The van der Waals surface area contributed by atoms with E-state index in [9.17, 15) is 13.2 Å². The number of methoxy groups -OCH3 is 1. The first kappa shape index (κ1) is 13.7. The molecule has 1 fully saturated rings. The van der Waals surface area contributed by atoms with Crippen molar-refractivity contribution in [2.45, 2.75) is 50.0 Å². The van der Waals surface area contributed by atoms with Crippen LogP contribution >= 0.6 is 0 Å². The van der Waals surface area contributed by atoms with Crippen LogP contribution in [-0.4, -0.2) is 38.0 Å². The summed E-state index contributed by atoms with van der Waals surface area (Å²) in [5.41, 5.74) is 5.72. The molecule has 1 rings (SSSR count). The quantitative estimate of drug-likeness (QED) is 0.781. The highest BCUT2D eigenvalue weighted by Crippen LogP contribution is 2.23. The lowest BCUT2D eigenvalue weighted by Gasteiger charge is -2.28. The molecule has 1 aliphatic carbocycles. The second kappa shape index (κ2) is 5.84. The summed E-state index contributed by atoms with van der Waals surface area (Å²) in [6, 6.07) is 0.346. The molecule has 0 aromatic carbocycles. The van der Waals surface area contributed by atoms with E-state index in [4.69, 9.17) is 5.73 Å². The number of halogens is 3. The Hall–Kier alpha value is -0.330. The molecule has 6 heteroatoms. The third-order valence-electron chi connectivity index (χ3n) is 3.01. The summed E-state index contributed by atoms with van der Waals surface area (Å²) in [6.45, 7) is -0.181. The topological polar surface area (TPSA) is 47.3 Å². The van der Waals surface area contributed by atoms with Crippen LogP contribution in [0.2, 0.25) is 0 Å². The third kappa shape index (κ3) is 4.27. The minimum absolute atomic E-state index is 0.139. The summed E-state index contributed by atoms with van der Waals surface area (Å²) in [6.07, 6.45) is -2.58. The van der Waals surface area contributed by atoms with Crippen molar-refractivity contribution in [3.63, 3.8) is 0 Å². The Bertz CT molecular complexity index is 203. The molecule has 0 bridgehead atoms. The smallest absolute Gasteiger partial charge is 0.371 e. The van der Waals surface area contributed by atoms with Crippen molar-refractivity contribution in [3.8, 4) is 0 Å². The number of rotatable bonds is 4. The highest BCUT2D eigenvalue weighted by atomic mass is 19.4. The van der Waals surface area contributed by atoms with Gasteiger partial charge < -0.3 is 15.8 Å². The van der Waals surface area contributed by atoms with Gasteiger partial charge in [-0.2, -0.15) is 13.2 Å². The van der Waals surface area contributed by atoms with Gasteiger partial charge in [0.2, 0.25) is 0 Å². The first-order valence-electron chi connectivity index (χ1n) is 5.52. The predicted octanol–water partition coefficient (Wildman–Crippen LogP) is 1.42. The molecule has 0 unspecified atom stereocenters. The molecule has 16 heavy (non-hydrogen) atoms. The van der Waals surface area contributed by atoms with Gasteiger partial charge in [-0.25, -0.2) is 0 Å². The van der Waals surface area contributed by atoms with Crippen molar-refractivity contribution in [1.29, 1.82) is 0 Å². The van der Waals surface area contributed by atoms with Gasteiger partial charge in [0, 0.05) is 25.7 Å². The van der Waals surface area contributed by atoms with Crippen molar-refractivity contribution in [3.05, 3.63) is 0 Å². The van der Waals surface area contributed by atoms with E-state index >= 15 is 0 Å². The van der Waals surface area contributed by atoms with Crippen molar-refractivity contribution in [2.24, 2.45) is 5.73 Å². The Morgan fingerprint density at radius 1 is 1.31 bits per heavy atom. The van der Waals surface area contributed by atoms with E-state index in [0.29, 0.717) is 0 Å². The maximum atomic E-state index is 12.4. The monoisotopic (exact) mass is 240 g/mol. The minimum Gasteiger partial charge on any atom is -0.371 e. The highest BCUT2D eigenvalue weighted by molar-refractivity contribution is 4.81. The first-order chi connectivity index (χ1) is 7.43. The number of nitrogens with two attached hydrogens (primary N) is 1. The SMILES string of the molecule is CO[C@H](CNC1CCC(N)CC1)C(F)(F)F. The molecule has 0 amide bonds. The van der Waals surface area contributed by atoms with Crippen LogP contribution in [0.25, 0.3) is 0 Å². The predicted molar refractivity (Wildman–Crippen MR) is 55.1 cm³/mol. The van der Waals surface area contributed by atoms with Crippen LogP contribution in [0.15, 0.2) is 0 Å². The fourth-order valence-corrected chi connectivity index (χ4v) is 1.93. The zero-order valence-corrected chi connectivity index (χ0v) is 9.39. The van der Waals surface area contributed by atoms with Gasteiger partial charge >= 0.3 is 6.18 Å². The van der Waals surface area contributed by atoms with Gasteiger partial charge in [-0.3, -0.25) is 0 Å². The van der Waals surface area contributed by atoms with Gasteiger partial charge in [0.25, 0.3) is 0 Å². The zero-order chi connectivity index (χ0) is 12.2. The molecule has 3 nitrogen and oxygen atoms in total. The van der Waals surface area contributed by atoms with Crippen LogP contribution < -0.4 is 11.1 Å². The molecule has 0 heterocycles. The fraction of sp³-hybridized carbons (Fsp3) is 1.00. The van der Waals surface area contributed by atoms with Crippen LogP contribution in [0, 0.1) is 0 Å². The second-order valence-corrected chi connectivity index (χ2v) is 4.29. The van der Waals surface area contributed by atoms with Crippen molar-refractivity contribution >= 4 is 0 Å². The maximum absolute atomic E-state index is 12.4. The van der Waals surface area contributed by atoms with Crippen LogP contribution in [-0.2, 0) is 4.74 Å². The van der Waals surface area contributed by atoms with Gasteiger partial charge in [-0.15, -0.1) is 0 Å². The average Bonchev–Trinajstić information content (AvgIpc) is 2.19. The number of hydrogen-bond acceptors (Lipinski definition) is 3. The Morgan fingerprint density at radius 3 is 2.31 bits per heavy atom. The highest BCUT2D eigenvalue weighted by Gasteiger charge is 2.40. The standard InChI is InChI=1S/C10H19F3N2O/c1-16-9(10(11,12)13)6-15-8-4-2-7(14)3-5-8/h7-9,15H,2-6,14H2,1H3/t7?,8?,9-/m1/s1. The normalized spacial score (nSPS) is 29.1. The van der Waals surface area contributed by atoms with Crippen LogP contribution in [0.5, 0.6) is 0 Å². The van der Waals surface area contributed by atoms with Gasteiger partial charge in [-0.1, -0.05) is 0 Å². The third-order valence-corrected chi connectivity index (χ3v) is 3.01. The zero-order valence-electron chi connectivity index (χ0n) is 9.39. The summed E-state index contributed by atoms with van der Waals surface area (Å²) < 4.78 is 41.5. The van der Waals surface area contributed by atoms with Gasteiger partial charge in [0.1, 0.15) is 0 Å². The fourth-order valence-electron chi connectivity index (χ4n) is 1.93. The summed E-state index contributed by atoms with van der Waals surface area (Å²) >= 11 is 0. The lowest BCUT2D eigenvalue weighted by atomic mass is 9.92. The van der Waals surface area contributed by atoms with E-state index in [-0.39, 0.29) is 18.6 Å². The molecule has 0 saturated heterocycles. The van der Waals surface area contributed by atoms with E-state index in [1.54, 1.807) is 0 Å². The minimum atomic E-state index is -4.30. The molecule has 0 aromatic heterocycles. The molecule has 0 radical (unpaired) electrons. The van der Waals surface area contributed by atoms with E-state index < -0.39 is 12.3 Å². The maximum Gasteiger partial charge on any atom is 0.415 e. The molecular formula is C10H19F3N2O. The largest absolute Gasteiger partial charge is 0.415 e. The molecule has 96 valence electrons. The number of nitrogens with one attached hydrogen (secondary N) is 1. The molecule has 3 N–H and O–H groups in total. The molecule has 0 aliphatic heterocycles. The number of hydrogen-bond donors (Lipinski definition) is 2. The summed E-state index contributed by atoms with van der Waals surface area (Å²) in [4.78, 5) is 0. The van der Waals surface area contributed by atoms with Crippen LogP contribution in [0.1, 0.15) is 25.7 Å². The van der Waals surface area contributed by atoms with E-state index in [0.717, 1.165) is 32.8 Å². The molecule has 1 saturated carbocycles. The summed E-state index contributed by atoms with van der Waals surface area (Å²) in [5.74, 6) is 0. The Labute approximate surface area is 93.5 Å². The van der Waals surface area contributed by atoms with Crippen molar-refractivity contribution in [1.82, 2.24) is 5.32 Å².